The van der Waals surface area contributed by atoms with Gasteiger partial charge >= 0.3 is 6.61 Å². The summed E-state index contributed by atoms with van der Waals surface area (Å²) < 4.78 is 29.6. The van der Waals surface area contributed by atoms with E-state index in [1.807, 2.05) is 24.3 Å². The molecule has 2 aromatic carbocycles. The number of amides is 1. The van der Waals surface area contributed by atoms with Crippen LogP contribution in [-0.4, -0.2) is 29.5 Å². The lowest BCUT2D eigenvalue weighted by atomic mass is 10.2. The molecule has 0 aliphatic heterocycles. The number of ether oxygens (including phenoxy) is 1. The van der Waals surface area contributed by atoms with Crippen molar-refractivity contribution in [3.63, 3.8) is 0 Å². The lowest BCUT2D eigenvalue weighted by Gasteiger charge is -2.16. The van der Waals surface area contributed by atoms with Crippen molar-refractivity contribution in [2.24, 2.45) is 0 Å². The van der Waals surface area contributed by atoms with Crippen LogP contribution >= 0.6 is 11.3 Å². The van der Waals surface area contributed by atoms with E-state index in [0.717, 1.165) is 15.2 Å². The van der Waals surface area contributed by atoms with Gasteiger partial charge in [-0.3, -0.25) is 4.79 Å². The number of halogens is 2. The Morgan fingerprint density at radius 2 is 1.92 bits per heavy atom. The molecule has 0 aliphatic carbocycles. The zero-order chi connectivity index (χ0) is 17.1. The molecule has 0 fully saturated rings. The highest BCUT2D eigenvalue weighted by molar-refractivity contribution is 7.18. The summed E-state index contributed by atoms with van der Waals surface area (Å²) in [6.45, 7) is -2.50. The molecule has 3 rings (SSSR count). The van der Waals surface area contributed by atoms with Gasteiger partial charge in [-0.05, 0) is 36.4 Å². The number of benzene rings is 2. The van der Waals surface area contributed by atoms with Crippen molar-refractivity contribution in [1.82, 2.24) is 9.88 Å². The topological polar surface area (TPSA) is 42.4 Å². The third-order valence-electron chi connectivity index (χ3n) is 3.38. The molecule has 0 atom stereocenters. The van der Waals surface area contributed by atoms with E-state index in [9.17, 15) is 13.6 Å². The normalized spacial score (nSPS) is 11.0. The predicted octanol–water partition coefficient (Wildman–Crippen LogP) is 4.17. The van der Waals surface area contributed by atoms with Crippen LogP contribution in [0.3, 0.4) is 0 Å². The minimum atomic E-state index is -2.88. The molecule has 0 N–H and O–H groups in total. The first-order valence-corrected chi connectivity index (χ1v) is 7.99. The fraction of sp³-hybridized carbons (Fsp3) is 0.176. The smallest absolute Gasteiger partial charge is 0.387 e. The number of hydrogen-bond donors (Lipinski definition) is 0. The highest BCUT2D eigenvalue weighted by atomic mass is 32.1. The molecule has 0 saturated carbocycles. The van der Waals surface area contributed by atoms with Crippen LogP contribution in [0.15, 0.2) is 48.5 Å². The Morgan fingerprint density at radius 1 is 1.21 bits per heavy atom. The van der Waals surface area contributed by atoms with E-state index in [1.54, 1.807) is 11.9 Å². The van der Waals surface area contributed by atoms with Crippen molar-refractivity contribution >= 4 is 27.5 Å². The van der Waals surface area contributed by atoms with Crippen LogP contribution in [0.2, 0.25) is 0 Å². The molecule has 3 aromatic rings. The minimum Gasteiger partial charge on any atom is -0.435 e. The van der Waals surface area contributed by atoms with Gasteiger partial charge in [0.2, 0.25) is 0 Å². The molecule has 124 valence electrons. The Balaban J connectivity index is 1.69. The van der Waals surface area contributed by atoms with Crippen LogP contribution in [0.4, 0.5) is 8.78 Å². The number of fused-ring (bicyclic) bond motifs is 1. The Bertz CT molecular complexity index is 816. The number of hydrogen-bond acceptors (Lipinski definition) is 4. The van der Waals surface area contributed by atoms with E-state index in [0.29, 0.717) is 12.1 Å². The lowest BCUT2D eigenvalue weighted by molar-refractivity contribution is -0.0498. The van der Waals surface area contributed by atoms with E-state index in [2.05, 4.69) is 9.72 Å². The van der Waals surface area contributed by atoms with Crippen molar-refractivity contribution in [1.29, 1.82) is 0 Å². The van der Waals surface area contributed by atoms with Crippen LogP contribution in [0.1, 0.15) is 15.4 Å². The SMILES string of the molecule is CN(Cc1nc2ccccc2s1)C(=O)c1ccc(OC(F)F)cc1. The molecule has 0 radical (unpaired) electrons. The van der Waals surface area contributed by atoms with Gasteiger partial charge in [0, 0.05) is 12.6 Å². The van der Waals surface area contributed by atoms with Gasteiger partial charge in [-0.15, -0.1) is 11.3 Å². The second-order valence-electron chi connectivity index (χ2n) is 5.14. The molecule has 1 aromatic heterocycles. The fourth-order valence-electron chi connectivity index (χ4n) is 2.26. The van der Waals surface area contributed by atoms with Crippen molar-refractivity contribution < 1.29 is 18.3 Å². The summed E-state index contributed by atoms with van der Waals surface area (Å²) in [5.41, 5.74) is 1.31. The number of alkyl halides is 2. The Morgan fingerprint density at radius 3 is 2.58 bits per heavy atom. The monoisotopic (exact) mass is 348 g/mol. The third-order valence-corrected chi connectivity index (χ3v) is 4.40. The standard InChI is InChI=1S/C17H14F2N2O2S/c1-21(10-15-20-13-4-2-3-5-14(13)24-15)16(22)11-6-8-12(9-7-11)23-17(18)19/h2-9,17H,10H2,1H3. The van der Waals surface area contributed by atoms with Crippen LogP contribution < -0.4 is 4.74 Å². The summed E-state index contributed by atoms with van der Waals surface area (Å²) in [4.78, 5) is 18.5. The second-order valence-corrected chi connectivity index (χ2v) is 6.25. The molecular formula is C17H14F2N2O2S. The average Bonchev–Trinajstić information content (AvgIpc) is 2.96. The van der Waals surface area contributed by atoms with Crippen LogP contribution in [0.5, 0.6) is 5.75 Å². The highest BCUT2D eigenvalue weighted by Crippen LogP contribution is 2.23. The fourth-order valence-corrected chi connectivity index (χ4v) is 3.28. The maximum atomic E-state index is 12.4. The van der Waals surface area contributed by atoms with Gasteiger partial charge in [-0.25, -0.2) is 4.98 Å². The van der Waals surface area contributed by atoms with Gasteiger partial charge < -0.3 is 9.64 Å². The Kier molecular flexibility index (Phi) is 4.71. The zero-order valence-corrected chi connectivity index (χ0v) is 13.6. The molecule has 0 saturated heterocycles. The molecule has 0 bridgehead atoms. The van der Waals surface area contributed by atoms with Crippen molar-refractivity contribution in [2.75, 3.05) is 7.05 Å². The molecule has 1 amide bonds. The summed E-state index contributed by atoms with van der Waals surface area (Å²) in [6.07, 6.45) is 0. The lowest BCUT2D eigenvalue weighted by Crippen LogP contribution is -2.26. The molecular weight excluding hydrogens is 334 g/mol. The van der Waals surface area contributed by atoms with E-state index >= 15 is 0 Å². The molecule has 0 spiro atoms. The molecule has 4 nitrogen and oxygen atoms in total. The van der Waals surface area contributed by atoms with Crippen molar-refractivity contribution in [3.8, 4) is 5.75 Å². The van der Waals surface area contributed by atoms with Crippen LogP contribution in [0, 0.1) is 0 Å². The molecule has 0 unspecified atom stereocenters. The van der Waals surface area contributed by atoms with Gasteiger partial charge in [0.15, 0.2) is 0 Å². The summed E-state index contributed by atoms with van der Waals surface area (Å²) in [7, 11) is 1.68. The first-order chi connectivity index (χ1) is 11.5. The highest BCUT2D eigenvalue weighted by Gasteiger charge is 2.15. The molecule has 0 aliphatic rings. The van der Waals surface area contributed by atoms with Gasteiger partial charge in [-0.2, -0.15) is 8.78 Å². The van der Waals surface area contributed by atoms with Gasteiger partial charge in [0.05, 0.1) is 16.8 Å². The summed E-state index contributed by atoms with van der Waals surface area (Å²) in [5.74, 6) is -0.187. The molecule has 7 heteroatoms. The number of carbonyl (C=O) groups is 1. The van der Waals surface area contributed by atoms with Crippen molar-refractivity contribution in [3.05, 3.63) is 59.1 Å². The zero-order valence-electron chi connectivity index (χ0n) is 12.8. The Labute approximate surface area is 141 Å². The second kappa shape index (κ2) is 6.92. The van der Waals surface area contributed by atoms with Crippen molar-refractivity contribution in [2.45, 2.75) is 13.2 Å². The van der Waals surface area contributed by atoms with E-state index in [1.165, 1.54) is 35.6 Å². The average molecular weight is 348 g/mol. The third kappa shape index (κ3) is 3.68. The number of thiazole rings is 1. The van der Waals surface area contributed by atoms with Crippen LogP contribution in [-0.2, 0) is 6.54 Å². The quantitative estimate of drug-likeness (QED) is 0.695. The minimum absolute atomic E-state index is 0.0235. The molecule has 24 heavy (non-hydrogen) atoms. The first-order valence-electron chi connectivity index (χ1n) is 7.18. The largest absolute Gasteiger partial charge is 0.435 e. The summed E-state index contributed by atoms with van der Waals surface area (Å²) in [6, 6.07) is 13.4. The number of aromatic nitrogens is 1. The van der Waals surface area contributed by atoms with Gasteiger partial charge in [0.1, 0.15) is 10.8 Å². The maximum absolute atomic E-state index is 12.4. The number of rotatable bonds is 5. The first kappa shape index (κ1) is 16.3. The summed E-state index contributed by atoms with van der Waals surface area (Å²) in [5, 5.41) is 0.838. The Hall–Kier alpha value is -2.54. The van der Waals surface area contributed by atoms with Gasteiger partial charge in [0.25, 0.3) is 5.91 Å². The van der Waals surface area contributed by atoms with E-state index in [4.69, 9.17) is 0 Å². The molecule has 1 heterocycles. The summed E-state index contributed by atoms with van der Waals surface area (Å²) >= 11 is 1.54. The van der Waals surface area contributed by atoms with Crippen LogP contribution in [0.25, 0.3) is 10.2 Å². The number of para-hydroxylation sites is 1. The van der Waals surface area contributed by atoms with Gasteiger partial charge in [-0.1, -0.05) is 12.1 Å². The van der Waals surface area contributed by atoms with E-state index < -0.39 is 6.61 Å². The number of nitrogens with zero attached hydrogens (tertiary/aromatic N) is 2. The predicted molar refractivity (Wildman–Crippen MR) is 88.5 cm³/mol. The van der Waals surface area contributed by atoms with E-state index in [-0.39, 0.29) is 11.7 Å². The maximum Gasteiger partial charge on any atom is 0.387 e. The number of carbonyl (C=O) groups excluding carboxylic acids is 1.